The standard InChI is InChI=1S/C5H11ClNO3P/c1-5(2-6)3-9-11(7,8)10-4-5/h2-4H2,1H3,(H2,7,8). The van der Waals surface area contributed by atoms with Crippen LogP contribution < -0.4 is 5.50 Å². The molecule has 11 heavy (non-hydrogen) atoms. The van der Waals surface area contributed by atoms with Gasteiger partial charge in [0.15, 0.2) is 0 Å². The molecule has 1 fully saturated rings. The van der Waals surface area contributed by atoms with Gasteiger partial charge < -0.3 is 0 Å². The van der Waals surface area contributed by atoms with Crippen molar-refractivity contribution in [1.82, 2.24) is 0 Å². The Hall–Kier alpha value is 0.400. The summed E-state index contributed by atoms with van der Waals surface area (Å²) in [6, 6.07) is 0. The molecule has 66 valence electrons. The van der Waals surface area contributed by atoms with Gasteiger partial charge in [-0.05, 0) is 0 Å². The van der Waals surface area contributed by atoms with Crippen LogP contribution in [0.2, 0.25) is 0 Å². The second-order valence-electron chi connectivity index (χ2n) is 3.03. The Morgan fingerprint density at radius 2 is 2.09 bits per heavy atom. The van der Waals surface area contributed by atoms with Crippen LogP contribution in [0, 0.1) is 5.41 Å². The van der Waals surface area contributed by atoms with Gasteiger partial charge in [0.2, 0.25) is 0 Å². The molecule has 1 aliphatic rings. The number of rotatable bonds is 1. The first-order valence-electron chi connectivity index (χ1n) is 3.21. The molecular weight excluding hydrogens is 188 g/mol. The van der Waals surface area contributed by atoms with E-state index in [4.69, 9.17) is 26.2 Å². The van der Waals surface area contributed by atoms with E-state index in [1.807, 2.05) is 6.92 Å². The van der Waals surface area contributed by atoms with Crippen LogP contribution in [0.15, 0.2) is 0 Å². The molecule has 0 spiro atoms. The molecule has 1 rings (SSSR count). The topological polar surface area (TPSA) is 61.5 Å². The van der Waals surface area contributed by atoms with E-state index in [9.17, 15) is 4.57 Å². The van der Waals surface area contributed by atoms with Crippen molar-refractivity contribution in [2.24, 2.45) is 10.9 Å². The molecule has 1 heterocycles. The Morgan fingerprint density at radius 3 is 2.45 bits per heavy atom. The molecule has 0 atom stereocenters. The molecule has 4 nitrogen and oxygen atoms in total. The Balaban J connectivity index is 2.54. The lowest BCUT2D eigenvalue weighted by Crippen LogP contribution is -2.35. The van der Waals surface area contributed by atoms with Crippen molar-refractivity contribution in [3.63, 3.8) is 0 Å². The zero-order valence-electron chi connectivity index (χ0n) is 6.25. The van der Waals surface area contributed by atoms with Crippen molar-refractivity contribution < 1.29 is 13.6 Å². The van der Waals surface area contributed by atoms with Gasteiger partial charge in [-0.15, -0.1) is 11.6 Å². The fraction of sp³-hybridized carbons (Fsp3) is 1.00. The smallest absolute Gasteiger partial charge is 0.296 e. The van der Waals surface area contributed by atoms with Gasteiger partial charge >= 0.3 is 7.75 Å². The molecule has 0 aromatic carbocycles. The van der Waals surface area contributed by atoms with Crippen LogP contribution >= 0.6 is 19.3 Å². The molecular formula is C5H11ClNO3P. The minimum Gasteiger partial charge on any atom is -0.296 e. The highest BCUT2D eigenvalue weighted by molar-refractivity contribution is 7.51. The molecule has 1 saturated heterocycles. The number of hydrogen-bond donors (Lipinski definition) is 1. The first-order valence-corrected chi connectivity index (χ1v) is 5.36. The highest BCUT2D eigenvalue weighted by Crippen LogP contribution is 2.46. The Morgan fingerprint density at radius 1 is 1.64 bits per heavy atom. The Bertz CT molecular complexity index is 186. The van der Waals surface area contributed by atoms with Crippen molar-refractivity contribution in [2.45, 2.75) is 6.92 Å². The molecule has 0 aromatic heterocycles. The van der Waals surface area contributed by atoms with E-state index in [0.717, 1.165) is 0 Å². The summed E-state index contributed by atoms with van der Waals surface area (Å²) in [5.74, 6) is 0.410. The fourth-order valence-electron chi connectivity index (χ4n) is 0.648. The second kappa shape index (κ2) is 3.04. The van der Waals surface area contributed by atoms with Gasteiger partial charge in [-0.3, -0.25) is 9.05 Å². The first-order chi connectivity index (χ1) is 4.97. The van der Waals surface area contributed by atoms with Gasteiger partial charge in [0.25, 0.3) is 0 Å². The predicted octanol–water partition coefficient (Wildman–Crippen LogP) is 1.35. The molecule has 0 saturated carbocycles. The highest BCUT2D eigenvalue weighted by atomic mass is 35.5. The van der Waals surface area contributed by atoms with E-state index in [1.54, 1.807) is 0 Å². The summed E-state index contributed by atoms with van der Waals surface area (Å²) in [7, 11) is -3.24. The van der Waals surface area contributed by atoms with Gasteiger partial charge in [-0.1, -0.05) is 6.92 Å². The van der Waals surface area contributed by atoms with Gasteiger partial charge in [-0.25, -0.2) is 10.1 Å². The molecule has 0 aromatic rings. The molecule has 2 N–H and O–H groups in total. The minimum atomic E-state index is -3.24. The Labute approximate surface area is 70.6 Å². The molecule has 0 radical (unpaired) electrons. The molecule has 0 aliphatic carbocycles. The van der Waals surface area contributed by atoms with Crippen molar-refractivity contribution in [1.29, 1.82) is 0 Å². The fourth-order valence-corrected chi connectivity index (χ4v) is 1.86. The summed E-state index contributed by atoms with van der Waals surface area (Å²) >= 11 is 5.62. The lowest BCUT2D eigenvalue weighted by Gasteiger charge is -2.33. The number of nitrogens with two attached hydrogens (primary N) is 1. The van der Waals surface area contributed by atoms with Gasteiger partial charge in [0, 0.05) is 11.3 Å². The van der Waals surface area contributed by atoms with Crippen molar-refractivity contribution in [2.75, 3.05) is 19.1 Å². The molecule has 0 amide bonds. The van der Waals surface area contributed by atoms with Crippen molar-refractivity contribution in [3.8, 4) is 0 Å². The van der Waals surface area contributed by atoms with E-state index >= 15 is 0 Å². The SMILES string of the molecule is CC1(CCl)COP(N)(=O)OC1. The van der Waals surface area contributed by atoms with Crippen LogP contribution in [0.3, 0.4) is 0 Å². The average molecular weight is 200 g/mol. The van der Waals surface area contributed by atoms with Crippen LogP contribution in [-0.4, -0.2) is 19.1 Å². The van der Waals surface area contributed by atoms with Crippen LogP contribution in [0.4, 0.5) is 0 Å². The third kappa shape index (κ3) is 2.42. The summed E-state index contributed by atoms with van der Waals surface area (Å²) in [4.78, 5) is 0. The van der Waals surface area contributed by atoms with Crippen molar-refractivity contribution >= 4 is 19.3 Å². The third-order valence-electron chi connectivity index (χ3n) is 1.51. The molecule has 0 bridgehead atoms. The van der Waals surface area contributed by atoms with Gasteiger partial charge in [-0.2, -0.15) is 0 Å². The number of hydrogen-bond acceptors (Lipinski definition) is 3. The van der Waals surface area contributed by atoms with Gasteiger partial charge in [0.1, 0.15) is 0 Å². The van der Waals surface area contributed by atoms with E-state index in [1.165, 1.54) is 0 Å². The monoisotopic (exact) mass is 199 g/mol. The van der Waals surface area contributed by atoms with Crippen LogP contribution in [0.25, 0.3) is 0 Å². The zero-order chi connectivity index (χ0) is 8.54. The van der Waals surface area contributed by atoms with E-state index in [0.29, 0.717) is 19.1 Å². The molecule has 0 unspecified atom stereocenters. The van der Waals surface area contributed by atoms with E-state index in [-0.39, 0.29) is 5.41 Å². The van der Waals surface area contributed by atoms with Crippen LogP contribution in [0.1, 0.15) is 6.92 Å². The second-order valence-corrected chi connectivity index (χ2v) is 4.89. The summed E-state index contributed by atoms with van der Waals surface area (Å²) in [6.45, 7) is 2.48. The molecule has 1 aliphatic heterocycles. The Kier molecular flexibility index (Phi) is 2.62. The van der Waals surface area contributed by atoms with Crippen LogP contribution in [-0.2, 0) is 13.6 Å². The lowest BCUT2D eigenvalue weighted by molar-refractivity contribution is 0.0438. The predicted molar refractivity (Wildman–Crippen MR) is 42.5 cm³/mol. The lowest BCUT2D eigenvalue weighted by atomic mass is 9.96. The third-order valence-corrected chi connectivity index (χ3v) is 3.13. The molecule has 6 heteroatoms. The largest absolute Gasteiger partial charge is 0.402 e. The maximum Gasteiger partial charge on any atom is 0.402 e. The van der Waals surface area contributed by atoms with Crippen LogP contribution in [0.5, 0.6) is 0 Å². The van der Waals surface area contributed by atoms with E-state index in [2.05, 4.69) is 0 Å². The number of alkyl halides is 1. The van der Waals surface area contributed by atoms with Crippen molar-refractivity contribution in [3.05, 3.63) is 0 Å². The summed E-state index contributed by atoms with van der Waals surface area (Å²) in [6.07, 6.45) is 0. The highest BCUT2D eigenvalue weighted by Gasteiger charge is 2.36. The number of halogens is 1. The quantitative estimate of drug-likeness (QED) is 0.512. The minimum absolute atomic E-state index is 0.255. The summed E-state index contributed by atoms with van der Waals surface area (Å²) in [5.41, 5.74) is 4.87. The zero-order valence-corrected chi connectivity index (χ0v) is 7.90. The first kappa shape index (κ1) is 9.49. The average Bonchev–Trinajstić information content (AvgIpc) is 1.97. The maximum atomic E-state index is 10.9. The summed E-state index contributed by atoms with van der Waals surface area (Å²) in [5, 5.41) is 0. The van der Waals surface area contributed by atoms with Gasteiger partial charge in [0.05, 0.1) is 13.2 Å². The maximum absolute atomic E-state index is 10.9. The summed E-state index contributed by atoms with van der Waals surface area (Å²) < 4.78 is 20.5. The normalized spacial score (nSPS) is 45.7. The van der Waals surface area contributed by atoms with E-state index < -0.39 is 7.75 Å².